The molecule has 0 N–H and O–H groups in total. The summed E-state index contributed by atoms with van der Waals surface area (Å²) in [5.74, 6) is 0. The molecule has 0 atom stereocenters. The lowest BCUT2D eigenvalue weighted by molar-refractivity contribution is 1.15. The Hall–Kier alpha value is -4.62. The topological polar surface area (TPSA) is 6.48 Å². The zero-order chi connectivity index (χ0) is 32.6. The highest BCUT2D eigenvalue weighted by Gasteiger charge is 2.50. The molecule has 0 aliphatic carbocycles. The maximum atomic E-state index is 2.69. The molecule has 4 aliphatic rings. The van der Waals surface area contributed by atoms with Crippen LogP contribution >= 0.6 is 23.5 Å². The van der Waals surface area contributed by atoms with Gasteiger partial charge in [0.05, 0.1) is 0 Å². The molecule has 0 radical (unpaired) electrons. The van der Waals surface area contributed by atoms with Crippen molar-refractivity contribution in [1.82, 2.24) is 0 Å². The van der Waals surface area contributed by atoms with E-state index in [1.54, 1.807) is 0 Å². The van der Waals surface area contributed by atoms with E-state index in [4.69, 9.17) is 0 Å². The number of rotatable bonds is 1. The van der Waals surface area contributed by atoms with Crippen molar-refractivity contribution in [3.05, 3.63) is 139 Å². The first-order valence-electron chi connectivity index (χ1n) is 17.1. The molecule has 232 valence electrons. The third kappa shape index (κ3) is 3.72. The Bertz CT molecular complexity index is 2600. The van der Waals surface area contributed by atoms with Gasteiger partial charge in [-0.05, 0) is 92.6 Å². The summed E-state index contributed by atoms with van der Waals surface area (Å²) in [4.78, 5) is 10.7. The van der Waals surface area contributed by atoms with Gasteiger partial charge < -0.3 is 9.71 Å². The van der Waals surface area contributed by atoms with Crippen LogP contribution in [0.2, 0.25) is 13.1 Å². The number of para-hydroxylation sites is 3. The standard InChI is InChI=1S/C43H31BN2S2Si/c1-26-13-4-7-17-31(26)46-33-25-38-37(47-35-19-9-10-20-36(35)48-38)24-29(33)41-28-15-6-5-14-27(28)23-34-42(41)44(46)30-16-12-22-40-43(30)45(34)32-18-8-11-21-39(32)49(40,2)3/h4-25H,1-3H3. The Labute approximate surface area is 296 Å². The lowest BCUT2D eigenvalue weighted by atomic mass is 9.43. The Morgan fingerprint density at radius 3 is 2.06 bits per heavy atom. The first kappa shape index (κ1) is 28.2. The molecular weight excluding hydrogens is 648 g/mol. The van der Waals surface area contributed by atoms with E-state index < -0.39 is 8.07 Å². The molecule has 0 unspecified atom stereocenters. The number of aryl methyl sites for hydroxylation is 1. The number of fused-ring (bicyclic) bond motifs is 10. The minimum absolute atomic E-state index is 0.0241. The summed E-state index contributed by atoms with van der Waals surface area (Å²) in [6, 6.07) is 50.8. The monoisotopic (exact) mass is 678 g/mol. The fourth-order valence-electron chi connectivity index (χ4n) is 8.98. The van der Waals surface area contributed by atoms with Gasteiger partial charge in [-0.1, -0.05) is 128 Å². The van der Waals surface area contributed by atoms with Gasteiger partial charge in [0.1, 0.15) is 8.07 Å². The van der Waals surface area contributed by atoms with Crippen molar-refractivity contribution in [2.45, 2.75) is 39.6 Å². The van der Waals surface area contributed by atoms with Gasteiger partial charge in [0.2, 0.25) is 0 Å². The van der Waals surface area contributed by atoms with Crippen LogP contribution in [0.5, 0.6) is 0 Å². The molecule has 7 aromatic carbocycles. The average molecular weight is 679 g/mol. The fourth-order valence-corrected chi connectivity index (χ4v) is 14.2. The van der Waals surface area contributed by atoms with Crippen molar-refractivity contribution < 1.29 is 0 Å². The second kappa shape index (κ2) is 9.98. The predicted octanol–water partition coefficient (Wildman–Crippen LogP) is 9.61. The first-order valence-corrected chi connectivity index (χ1v) is 21.7. The van der Waals surface area contributed by atoms with Crippen LogP contribution < -0.4 is 31.0 Å². The van der Waals surface area contributed by atoms with E-state index in [2.05, 4.69) is 163 Å². The van der Waals surface area contributed by atoms with Gasteiger partial charge in [0.15, 0.2) is 0 Å². The van der Waals surface area contributed by atoms with Crippen molar-refractivity contribution in [2.24, 2.45) is 0 Å². The number of hydrogen-bond donors (Lipinski definition) is 0. The second-order valence-corrected chi connectivity index (χ2v) is 20.6. The number of anilines is 5. The molecule has 0 bridgehead atoms. The SMILES string of the molecule is Cc1ccccc1N1B2c3cccc4c3N(c3ccccc3[Si]4(C)C)c3cc4ccccc4c(c32)-c2cc3c(cc21)Sc1ccccc1S3. The average Bonchev–Trinajstić information content (AvgIpc) is 3.13. The minimum Gasteiger partial charge on any atom is -0.376 e. The summed E-state index contributed by atoms with van der Waals surface area (Å²) in [6.07, 6.45) is 0. The van der Waals surface area contributed by atoms with Crippen LogP contribution in [0.15, 0.2) is 153 Å². The summed E-state index contributed by atoms with van der Waals surface area (Å²) in [7, 11) is -2.00. The van der Waals surface area contributed by atoms with Gasteiger partial charge in [0.25, 0.3) is 0 Å². The summed E-state index contributed by atoms with van der Waals surface area (Å²) in [5, 5.41) is 5.64. The summed E-state index contributed by atoms with van der Waals surface area (Å²) < 4.78 is 0. The van der Waals surface area contributed by atoms with E-state index in [1.165, 1.54) is 96.8 Å². The van der Waals surface area contributed by atoms with Gasteiger partial charge >= 0.3 is 6.85 Å². The molecule has 0 spiro atoms. The first-order chi connectivity index (χ1) is 24.0. The molecule has 0 amide bonds. The van der Waals surface area contributed by atoms with E-state index in [0.717, 1.165) is 0 Å². The van der Waals surface area contributed by atoms with Crippen LogP contribution in [0, 0.1) is 6.92 Å². The number of benzene rings is 7. The molecule has 0 aromatic heterocycles. The van der Waals surface area contributed by atoms with E-state index >= 15 is 0 Å². The normalized spacial score (nSPS) is 15.5. The zero-order valence-electron chi connectivity index (χ0n) is 27.5. The van der Waals surface area contributed by atoms with Crippen molar-refractivity contribution in [1.29, 1.82) is 0 Å². The summed E-state index contributed by atoms with van der Waals surface area (Å²) in [6.45, 7) is 7.37. The third-order valence-corrected chi connectivity index (χ3v) is 17.2. The molecule has 2 nitrogen and oxygen atoms in total. The molecule has 7 aromatic rings. The molecule has 6 heteroatoms. The van der Waals surface area contributed by atoms with Crippen molar-refractivity contribution in [3.63, 3.8) is 0 Å². The highest BCUT2D eigenvalue weighted by molar-refractivity contribution is 8.05. The van der Waals surface area contributed by atoms with Gasteiger partial charge in [-0.15, -0.1) is 0 Å². The van der Waals surface area contributed by atoms with E-state index in [9.17, 15) is 0 Å². The van der Waals surface area contributed by atoms with Crippen molar-refractivity contribution in [3.8, 4) is 11.1 Å². The summed E-state index contributed by atoms with van der Waals surface area (Å²) in [5.41, 5.74) is 13.4. The molecule has 4 heterocycles. The molecular formula is C43H31BN2S2Si. The number of nitrogens with zero attached hydrogens (tertiary/aromatic N) is 2. The molecule has 49 heavy (non-hydrogen) atoms. The van der Waals surface area contributed by atoms with Crippen LogP contribution in [0.1, 0.15) is 5.56 Å². The number of hydrogen-bond acceptors (Lipinski definition) is 4. The van der Waals surface area contributed by atoms with Crippen LogP contribution in [0.25, 0.3) is 21.9 Å². The maximum Gasteiger partial charge on any atom is 0.333 e. The Morgan fingerprint density at radius 1 is 0.571 bits per heavy atom. The third-order valence-electron chi connectivity index (χ3n) is 11.2. The minimum atomic E-state index is -2.00. The zero-order valence-corrected chi connectivity index (χ0v) is 30.1. The van der Waals surface area contributed by atoms with Gasteiger partial charge in [-0.2, -0.15) is 0 Å². The quantitative estimate of drug-likeness (QED) is 0.160. The summed E-state index contributed by atoms with van der Waals surface area (Å²) >= 11 is 3.82. The predicted molar refractivity (Wildman–Crippen MR) is 214 cm³/mol. The van der Waals surface area contributed by atoms with Gasteiger partial charge in [-0.25, -0.2) is 0 Å². The highest BCUT2D eigenvalue weighted by Crippen LogP contribution is 2.55. The Kier molecular flexibility index (Phi) is 5.75. The van der Waals surface area contributed by atoms with Gasteiger partial charge in [0, 0.05) is 53.6 Å². The highest BCUT2D eigenvalue weighted by atomic mass is 32.2. The largest absolute Gasteiger partial charge is 0.376 e. The molecule has 0 saturated carbocycles. The fraction of sp³-hybridized carbons (Fsp3) is 0.0698. The lowest BCUT2D eigenvalue weighted by Crippen LogP contribution is -2.67. The van der Waals surface area contributed by atoms with Crippen LogP contribution in [0.3, 0.4) is 0 Å². The smallest absolute Gasteiger partial charge is 0.333 e. The van der Waals surface area contributed by atoms with E-state index in [1.807, 2.05) is 23.5 Å². The van der Waals surface area contributed by atoms with Crippen LogP contribution in [0.4, 0.5) is 28.4 Å². The van der Waals surface area contributed by atoms with E-state index in [0.29, 0.717) is 0 Å². The molecule has 0 fully saturated rings. The van der Waals surface area contributed by atoms with E-state index in [-0.39, 0.29) is 6.85 Å². The Morgan fingerprint density at radius 2 is 1.24 bits per heavy atom. The van der Waals surface area contributed by atoms with Crippen LogP contribution in [-0.4, -0.2) is 14.9 Å². The Balaban J connectivity index is 1.31. The maximum absolute atomic E-state index is 2.69. The van der Waals surface area contributed by atoms with Crippen molar-refractivity contribution in [2.75, 3.05) is 9.71 Å². The molecule has 11 rings (SSSR count). The van der Waals surface area contributed by atoms with Crippen molar-refractivity contribution >= 4 is 99.0 Å². The van der Waals surface area contributed by atoms with Crippen LogP contribution in [-0.2, 0) is 0 Å². The molecule has 4 aliphatic heterocycles. The lowest BCUT2D eigenvalue weighted by Gasteiger charge is -2.50. The second-order valence-electron chi connectivity index (χ2n) is 14.2. The van der Waals surface area contributed by atoms with Gasteiger partial charge in [-0.3, -0.25) is 0 Å². The molecule has 0 saturated heterocycles.